The predicted molar refractivity (Wildman–Crippen MR) is 75.3 cm³/mol. The van der Waals surface area contributed by atoms with Gasteiger partial charge >= 0.3 is 0 Å². The second-order valence-electron chi connectivity index (χ2n) is 5.15. The van der Waals surface area contributed by atoms with E-state index in [9.17, 15) is 9.59 Å². The van der Waals surface area contributed by atoms with E-state index in [1.54, 1.807) is 19.6 Å². The van der Waals surface area contributed by atoms with Crippen LogP contribution in [0.4, 0.5) is 0 Å². The number of carbonyl (C=O) groups excluding carboxylic acids is 2. The summed E-state index contributed by atoms with van der Waals surface area (Å²) in [5, 5.41) is 11.7. The summed E-state index contributed by atoms with van der Waals surface area (Å²) in [5.41, 5.74) is 0.978. The van der Waals surface area contributed by atoms with Crippen LogP contribution in [0, 0.1) is 0 Å². The summed E-state index contributed by atoms with van der Waals surface area (Å²) in [6, 6.07) is 1.37. The Kier molecular flexibility index (Phi) is 5.35. The van der Waals surface area contributed by atoms with E-state index < -0.39 is 6.04 Å². The number of furan rings is 1. The first-order valence-electron chi connectivity index (χ1n) is 6.99. The number of likely N-dealkylation sites (N-methyl/N-ethyl adjacent to an activating group) is 1. The molecule has 0 saturated carbocycles. The molecule has 21 heavy (non-hydrogen) atoms. The lowest BCUT2D eigenvalue weighted by molar-refractivity contribution is -0.138. The first kappa shape index (κ1) is 15.5. The Morgan fingerprint density at radius 3 is 3.10 bits per heavy atom. The minimum absolute atomic E-state index is 0.0855. The van der Waals surface area contributed by atoms with Crippen LogP contribution in [0.5, 0.6) is 0 Å². The van der Waals surface area contributed by atoms with E-state index in [4.69, 9.17) is 9.52 Å². The molecule has 2 N–H and O–H groups in total. The number of hydrogen-bond donors (Lipinski definition) is 2. The van der Waals surface area contributed by atoms with E-state index in [2.05, 4.69) is 5.32 Å². The van der Waals surface area contributed by atoms with Crippen molar-refractivity contribution >= 4 is 11.8 Å². The number of amides is 2. The fraction of sp³-hybridized carbons (Fsp3) is 0.571. The van der Waals surface area contributed by atoms with Gasteiger partial charge in [-0.2, -0.15) is 0 Å². The molecule has 2 amide bonds. The maximum atomic E-state index is 12.1. The number of carbonyl (C=O) groups is 2. The zero-order chi connectivity index (χ0) is 15.2. The van der Waals surface area contributed by atoms with Crippen LogP contribution < -0.4 is 5.32 Å². The van der Waals surface area contributed by atoms with Crippen LogP contribution >= 0.6 is 0 Å². The topological polar surface area (TPSA) is 86.0 Å². The van der Waals surface area contributed by atoms with Gasteiger partial charge in [-0.3, -0.25) is 14.5 Å². The quantitative estimate of drug-likeness (QED) is 0.733. The number of aliphatic hydroxyl groups is 1. The lowest BCUT2D eigenvalue weighted by Gasteiger charge is -2.35. The summed E-state index contributed by atoms with van der Waals surface area (Å²) in [5.74, 6) is -0.279. The Labute approximate surface area is 123 Å². The molecule has 2 rings (SSSR count). The van der Waals surface area contributed by atoms with E-state index in [-0.39, 0.29) is 31.4 Å². The molecule has 1 aliphatic heterocycles. The van der Waals surface area contributed by atoms with Gasteiger partial charge in [0.1, 0.15) is 0 Å². The Morgan fingerprint density at radius 2 is 2.43 bits per heavy atom. The van der Waals surface area contributed by atoms with Crippen molar-refractivity contribution in [3.8, 4) is 0 Å². The number of rotatable bonds is 6. The van der Waals surface area contributed by atoms with Gasteiger partial charge in [0.25, 0.3) is 0 Å². The Bertz CT molecular complexity index is 475. The van der Waals surface area contributed by atoms with Gasteiger partial charge in [0, 0.05) is 38.8 Å². The molecule has 1 saturated heterocycles. The standard InChI is InChI=1S/C14H21N3O4/c1-16(5-6-18)13(19)8-12-14(20)15-3-4-17(12)9-11-2-7-21-10-11/h2,7,10,12,18H,3-6,8-9H2,1H3,(H,15,20). The molecule has 1 fully saturated rings. The van der Waals surface area contributed by atoms with Crippen molar-refractivity contribution in [1.29, 1.82) is 0 Å². The lowest BCUT2D eigenvalue weighted by atomic mass is 10.1. The van der Waals surface area contributed by atoms with E-state index >= 15 is 0 Å². The average Bonchev–Trinajstić information content (AvgIpc) is 2.95. The highest BCUT2D eigenvalue weighted by Crippen LogP contribution is 2.15. The van der Waals surface area contributed by atoms with Crippen LogP contribution in [0.25, 0.3) is 0 Å². The first-order valence-corrected chi connectivity index (χ1v) is 6.99. The summed E-state index contributed by atoms with van der Waals surface area (Å²) < 4.78 is 5.04. The average molecular weight is 295 g/mol. The molecule has 0 aromatic carbocycles. The molecule has 7 heteroatoms. The Morgan fingerprint density at radius 1 is 1.62 bits per heavy atom. The van der Waals surface area contributed by atoms with Gasteiger partial charge in [0.05, 0.1) is 31.6 Å². The second kappa shape index (κ2) is 7.24. The zero-order valence-corrected chi connectivity index (χ0v) is 12.1. The van der Waals surface area contributed by atoms with E-state index in [1.165, 1.54) is 4.90 Å². The summed E-state index contributed by atoms with van der Waals surface area (Å²) >= 11 is 0. The van der Waals surface area contributed by atoms with Gasteiger partial charge in [-0.05, 0) is 6.07 Å². The molecular formula is C14H21N3O4. The number of hydrogen-bond acceptors (Lipinski definition) is 5. The zero-order valence-electron chi connectivity index (χ0n) is 12.1. The highest BCUT2D eigenvalue weighted by molar-refractivity contribution is 5.88. The minimum atomic E-state index is -0.484. The Balaban J connectivity index is 2.01. The third-order valence-electron chi connectivity index (χ3n) is 3.64. The summed E-state index contributed by atoms with van der Waals surface area (Å²) in [6.07, 6.45) is 3.35. The van der Waals surface area contributed by atoms with E-state index in [0.717, 1.165) is 5.56 Å². The van der Waals surface area contributed by atoms with Gasteiger partial charge in [0.2, 0.25) is 11.8 Å². The number of nitrogens with one attached hydrogen (secondary N) is 1. The van der Waals surface area contributed by atoms with Gasteiger partial charge in [0.15, 0.2) is 0 Å². The van der Waals surface area contributed by atoms with Crippen LogP contribution in [0.3, 0.4) is 0 Å². The Hall–Kier alpha value is -1.86. The van der Waals surface area contributed by atoms with Crippen molar-refractivity contribution in [2.75, 3.05) is 33.3 Å². The third-order valence-corrected chi connectivity index (χ3v) is 3.64. The molecule has 1 aromatic heterocycles. The number of aliphatic hydroxyl groups excluding tert-OH is 1. The summed E-state index contributed by atoms with van der Waals surface area (Å²) in [6.45, 7) is 2.03. The van der Waals surface area contributed by atoms with Crippen LogP contribution in [0.1, 0.15) is 12.0 Å². The van der Waals surface area contributed by atoms with Crippen molar-refractivity contribution in [3.63, 3.8) is 0 Å². The third kappa shape index (κ3) is 4.05. The molecule has 0 spiro atoms. The smallest absolute Gasteiger partial charge is 0.237 e. The van der Waals surface area contributed by atoms with Crippen molar-refractivity contribution in [3.05, 3.63) is 24.2 Å². The molecule has 0 aliphatic carbocycles. The van der Waals surface area contributed by atoms with Crippen LogP contribution in [0.2, 0.25) is 0 Å². The van der Waals surface area contributed by atoms with E-state index in [0.29, 0.717) is 19.6 Å². The molecule has 0 radical (unpaired) electrons. The fourth-order valence-electron chi connectivity index (χ4n) is 2.39. The van der Waals surface area contributed by atoms with Crippen LogP contribution in [0.15, 0.2) is 23.0 Å². The van der Waals surface area contributed by atoms with Crippen LogP contribution in [-0.4, -0.2) is 66.1 Å². The van der Waals surface area contributed by atoms with Gasteiger partial charge in [-0.1, -0.05) is 0 Å². The molecule has 1 atom stereocenters. The van der Waals surface area contributed by atoms with Gasteiger partial charge < -0.3 is 19.7 Å². The molecule has 1 aromatic rings. The molecule has 0 bridgehead atoms. The second-order valence-corrected chi connectivity index (χ2v) is 5.15. The number of piperazine rings is 1. The largest absolute Gasteiger partial charge is 0.472 e. The summed E-state index contributed by atoms with van der Waals surface area (Å²) in [4.78, 5) is 27.6. The lowest BCUT2D eigenvalue weighted by Crippen LogP contribution is -2.56. The van der Waals surface area contributed by atoms with Crippen molar-refractivity contribution in [1.82, 2.24) is 15.1 Å². The molecule has 116 valence electrons. The van der Waals surface area contributed by atoms with Crippen LogP contribution in [-0.2, 0) is 16.1 Å². The van der Waals surface area contributed by atoms with Crippen molar-refractivity contribution < 1.29 is 19.1 Å². The monoisotopic (exact) mass is 295 g/mol. The maximum Gasteiger partial charge on any atom is 0.237 e. The molecule has 7 nitrogen and oxygen atoms in total. The predicted octanol–water partition coefficient (Wildman–Crippen LogP) is -0.579. The minimum Gasteiger partial charge on any atom is -0.472 e. The molecule has 1 unspecified atom stereocenters. The number of nitrogens with zero attached hydrogens (tertiary/aromatic N) is 2. The highest BCUT2D eigenvalue weighted by Gasteiger charge is 2.32. The summed E-state index contributed by atoms with van der Waals surface area (Å²) in [7, 11) is 1.62. The van der Waals surface area contributed by atoms with Gasteiger partial charge in [-0.15, -0.1) is 0 Å². The SMILES string of the molecule is CN(CCO)C(=O)CC1C(=O)NCCN1Cc1ccoc1. The van der Waals surface area contributed by atoms with Crippen molar-refractivity contribution in [2.45, 2.75) is 19.0 Å². The first-order chi connectivity index (χ1) is 10.1. The normalized spacial score (nSPS) is 19.3. The van der Waals surface area contributed by atoms with Crippen molar-refractivity contribution in [2.24, 2.45) is 0 Å². The molecule has 1 aliphatic rings. The fourth-order valence-corrected chi connectivity index (χ4v) is 2.39. The van der Waals surface area contributed by atoms with E-state index in [1.807, 2.05) is 11.0 Å². The highest BCUT2D eigenvalue weighted by atomic mass is 16.3. The maximum absolute atomic E-state index is 12.1. The molecular weight excluding hydrogens is 274 g/mol. The van der Waals surface area contributed by atoms with Gasteiger partial charge in [-0.25, -0.2) is 0 Å². The molecule has 2 heterocycles.